The second kappa shape index (κ2) is 6.88. The van der Waals surface area contributed by atoms with Crippen LogP contribution in [-0.2, 0) is 20.6 Å². The summed E-state index contributed by atoms with van der Waals surface area (Å²) in [4.78, 5) is 4.52. The van der Waals surface area contributed by atoms with Gasteiger partial charge < -0.3 is 9.30 Å². The second-order valence-electron chi connectivity index (χ2n) is 5.82. The highest BCUT2D eigenvalue weighted by Gasteiger charge is 2.20. The lowest BCUT2D eigenvalue weighted by Crippen LogP contribution is -2.25. The molecule has 3 aromatic rings. The van der Waals surface area contributed by atoms with Crippen molar-refractivity contribution in [1.29, 1.82) is 0 Å². The first-order chi connectivity index (χ1) is 11.6. The second-order valence-corrected chi connectivity index (χ2v) is 5.82. The number of hydrogen-bond acceptors (Lipinski definition) is 4. The van der Waals surface area contributed by atoms with Crippen LogP contribution in [0, 0.1) is 6.92 Å². The Morgan fingerprint density at radius 2 is 1.96 bits per heavy atom. The molecule has 2 heterocycles. The minimum Gasteiger partial charge on any atom is -0.481 e. The van der Waals surface area contributed by atoms with Gasteiger partial charge in [-0.25, -0.2) is 9.67 Å². The number of nitrogens with one attached hydrogen (secondary N) is 1. The van der Waals surface area contributed by atoms with Gasteiger partial charge in [-0.1, -0.05) is 30.3 Å². The van der Waals surface area contributed by atoms with Crippen LogP contribution in [0.4, 0.5) is 0 Å². The SMILES string of the molecule is COc1c(CN[C@H](c2ccccc2)c2nccn2C)c(C)nn1C. The fraction of sp³-hybridized carbons (Fsp3) is 0.333. The summed E-state index contributed by atoms with van der Waals surface area (Å²) in [5.74, 6) is 1.76. The molecule has 1 N–H and O–H groups in total. The van der Waals surface area contributed by atoms with Crippen LogP contribution < -0.4 is 10.1 Å². The zero-order valence-electron chi connectivity index (χ0n) is 14.5. The van der Waals surface area contributed by atoms with E-state index in [4.69, 9.17) is 4.74 Å². The Hall–Kier alpha value is -2.60. The third-order valence-electron chi connectivity index (χ3n) is 4.21. The first-order valence-electron chi connectivity index (χ1n) is 7.93. The molecule has 1 aromatic carbocycles. The molecule has 0 saturated heterocycles. The van der Waals surface area contributed by atoms with Gasteiger partial charge in [-0.05, 0) is 12.5 Å². The maximum absolute atomic E-state index is 5.49. The fourth-order valence-corrected chi connectivity index (χ4v) is 3.00. The summed E-state index contributed by atoms with van der Waals surface area (Å²) in [7, 11) is 5.58. The number of benzene rings is 1. The van der Waals surface area contributed by atoms with Crippen LogP contribution in [0.15, 0.2) is 42.7 Å². The van der Waals surface area contributed by atoms with Crippen LogP contribution >= 0.6 is 0 Å². The molecule has 0 bridgehead atoms. The molecule has 6 nitrogen and oxygen atoms in total. The lowest BCUT2D eigenvalue weighted by Gasteiger charge is -2.19. The number of ether oxygens (including phenoxy) is 1. The summed E-state index contributed by atoms with van der Waals surface area (Å²) in [6.45, 7) is 2.65. The molecule has 0 radical (unpaired) electrons. The molecule has 2 aromatic heterocycles. The monoisotopic (exact) mass is 325 g/mol. The maximum atomic E-state index is 5.49. The summed E-state index contributed by atoms with van der Waals surface area (Å²) in [6.07, 6.45) is 3.78. The summed E-state index contributed by atoms with van der Waals surface area (Å²) in [6, 6.07) is 10.3. The molecule has 6 heteroatoms. The van der Waals surface area contributed by atoms with E-state index in [2.05, 4.69) is 27.5 Å². The van der Waals surface area contributed by atoms with E-state index in [9.17, 15) is 0 Å². The molecule has 24 heavy (non-hydrogen) atoms. The van der Waals surface area contributed by atoms with E-state index in [1.165, 1.54) is 5.56 Å². The third kappa shape index (κ3) is 3.05. The van der Waals surface area contributed by atoms with E-state index in [1.54, 1.807) is 11.8 Å². The van der Waals surface area contributed by atoms with Crippen molar-refractivity contribution in [2.24, 2.45) is 14.1 Å². The largest absolute Gasteiger partial charge is 0.481 e. The molecular formula is C18H23N5O. The van der Waals surface area contributed by atoms with Crippen molar-refractivity contribution in [2.75, 3.05) is 7.11 Å². The average molecular weight is 325 g/mol. The number of rotatable bonds is 6. The maximum Gasteiger partial charge on any atom is 0.216 e. The molecule has 0 fully saturated rings. The highest BCUT2D eigenvalue weighted by atomic mass is 16.5. The standard InChI is InChI=1S/C18H23N5O/c1-13-15(18(24-4)23(3)21-13)12-20-16(14-8-6-5-7-9-14)17-19-10-11-22(17)2/h5-11,16,20H,12H2,1-4H3/t16-/m1/s1. The Labute approximate surface area is 142 Å². The first kappa shape index (κ1) is 16.3. The van der Waals surface area contributed by atoms with Gasteiger partial charge in [-0.3, -0.25) is 5.32 Å². The van der Waals surface area contributed by atoms with Crippen LogP contribution in [0.25, 0.3) is 0 Å². The summed E-state index contributed by atoms with van der Waals surface area (Å²) in [5.41, 5.74) is 3.20. The van der Waals surface area contributed by atoms with Crippen LogP contribution in [-0.4, -0.2) is 26.4 Å². The van der Waals surface area contributed by atoms with Crippen molar-refractivity contribution < 1.29 is 4.74 Å². The molecule has 0 aliphatic carbocycles. The van der Waals surface area contributed by atoms with Gasteiger partial charge in [0.25, 0.3) is 0 Å². The normalized spacial score (nSPS) is 12.3. The van der Waals surface area contributed by atoms with E-state index < -0.39 is 0 Å². The Morgan fingerprint density at radius 3 is 2.58 bits per heavy atom. The third-order valence-corrected chi connectivity index (χ3v) is 4.21. The molecule has 0 aliphatic rings. The fourth-order valence-electron chi connectivity index (χ4n) is 3.00. The predicted molar refractivity (Wildman–Crippen MR) is 92.8 cm³/mol. The van der Waals surface area contributed by atoms with E-state index in [-0.39, 0.29) is 6.04 Å². The number of imidazole rings is 1. The van der Waals surface area contributed by atoms with Gasteiger partial charge in [-0.2, -0.15) is 5.10 Å². The number of aryl methyl sites for hydroxylation is 3. The highest BCUT2D eigenvalue weighted by Crippen LogP contribution is 2.24. The van der Waals surface area contributed by atoms with Crippen molar-refractivity contribution in [1.82, 2.24) is 24.6 Å². The summed E-state index contributed by atoms with van der Waals surface area (Å²) in [5, 5.41) is 8.05. The van der Waals surface area contributed by atoms with Crippen LogP contribution in [0.5, 0.6) is 5.88 Å². The van der Waals surface area contributed by atoms with Crippen LogP contribution in [0.1, 0.15) is 28.7 Å². The summed E-state index contributed by atoms with van der Waals surface area (Å²) >= 11 is 0. The topological polar surface area (TPSA) is 56.9 Å². The summed E-state index contributed by atoms with van der Waals surface area (Å²) < 4.78 is 9.30. The van der Waals surface area contributed by atoms with Crippen LogP contribution in [0.2, 0.25) is 0 Å². The van der Waals surface area contributed by atoms with Gasteiger partial charge in [0.05, 0.1) is 24.4 Å². The molecule has 0 spiro atoms. The zero-order chi connectivity index (χ0) is 17.1. The molecule has 3 rings (SSSR count). The van der Waals surface area contributed by atoms with E-state index in [0.29, 0.717) is 6.54 Å². The van der Waals surface area contributed by atoms with Gasteiger partial charge in [0.2, 0.25) is 5.88 Å². The smallest absolute Gasteiger partial charge is 0.216 e. The molecule has 1 atom stereocenters. The first-order valence-corrected chi connectivity index (χ1v) is 7.93. The number of hydrogen-bond donors (Lipinski definition) is 1. The number of nitrogens with zero attached hydrogens (tertiary/aromatic N) is 4. The highest BCUT2D eigenvalue weighted by molar-refractivity contribution is 5.32. The molecule has 0 unspecified atom stereocenters. The predicted octanol–water partition coefficient (Wildman–Crippen LogP) is 2.35. The lowest BCUT2D eigenvalue weighted by molar-refractivity contribution is 0.367. The van der Waals surface area contributed by atoms with Crippen molar-refractivity contribution in [3.05, 3.63) is 65.4 Å². The Bertz CT molecular complexity index is 806. The van der Waals surface area contributed by atoms with E-state index in [1.807, 2.05) is 56.2 Å². The molecular weight excluding hydrogens is 302 g/mol. The quantitative estimate of drug-likeness (QED) is 0.756. The van der Waals surface area contributed by atoms with E-state index in [0.717, 1.165) is 23.0 Å². The minimum atomic E-state index is -0.00416. The Balaban J connectivity index is 1.90. The van der Waals surface area contributed by atoms with Gasteiger partial charge in [0, 0.05) is 33.0 Å². The molecule has 126 valence electrons. The number of aromatic nitrogens is 4. The Kier molecular flexibility index (Phi) is 4.66. The van der Waals surface area contributed by atoms with Crippen molar-refractivity contribution >= 4 is 0 Å². The molecule has 0 saturated carbocycles. The van der Waals surface area contributed by atoms with Crippen LogP contribution in [0.3, 0.4) is 0 Å². The minimum absolute atomic E-state index is 0.00416. The molecule has 0 aliphatic heterocycles. The average Bonchev–Trinajstić information content (AvgIpc) is 3.12. The van der Waals surface area contributed by atoms with Gasteiger partial charge >= 0.3 is 0 Å². The van der Waals surface area contributed by atoms with Gasteiger partial charge in [0.1, 0.15) is 5.82 Å². The van der Waals surface area contributed by atoms with Gasteiger partial charge in [-0.15, -0.1) is 0 Å². The Morgan fingerprint density at radius 1 is 1.21 bits per heavy atom. The van der Waals surface area contributed by atoms with Crippen molar-refractivity contribution in [3.63, 3.8) is 0 Å². The van der Waals surface area contributed by atoms with Crippen molar-refractivity contribution in [2.45, 2.75) is 19.5 Å². The van der Waals surface area contributed by atoms with E-state index >= 15 is 0 Å². The molecule has 0 amide bonds. The lowest BCUT2D eigenvalue weighted by atomic mass is 10.1. The van der Waals surface area contributed by atoms with Crippen molar-refractivity contribution in [3.8, 4) is 5.88 Å². The zero-order valence-corrected chi connectivity index (χ0v) is 14.5. The number of methoxy groups -OCH3 is 1. The van der Waals surface area contributed by atoms with Gasteiger partial charge in [0.15, 0.2) is 0 Å².